The molecule has 6 nitrogen and oxygen atoms in total. The van der Waals surface area contributed by atoms with E-state index in [-0.39, 0.29) is 11.3 Å². The van der Waals surface area contributed by atoms with E-state index in [4.69, 9.17) is 4.74 Å². The highest BCUT2D eigenvalue weighted by molar-refractivity contribution is 7.92. The molecule has 0 unspecified atom stereocenters. The first kappa shape index (κ1) is 21.1. The molecule has 0 saturated carbocycles. The van der Waals surface area contributed by atoms with E-state index in [9.17, 15) is 13.2 Å². The summed E-state index contributed by atoms with van der Waals surface area (Å²) in [6.45, 7) is 3.58. The summed E-state index contributed by atoms with van der Waals surface area (Å²) in [7, 11) is -1.73. The molecular formula is C23H22N2O4S2. The molecule has 2 heterocycles. The first-order valence-corrected chi connectivity index (χ1v) is 12.3. The van der Waals surface area contributed by atoms with Crippen molar-refractivity contribution in [1.82, 2.24) is 4.57 Å². The minimum absolute atomic E-state index is 0.0292. The highest BCUT2D eigenvalue weighted by Gasteiger charge is 2.17. The summed E-state index contributed by atoms with van der Waals surface area (Å²) in [5.74, 6) is 1.20. The zero-order valence-corrected chi connectivity index (χ0v) is 19.0. The van der Waals surface area contributed by atoms with Crippen molar-refractivity contribution in [2.75, 3.05) is 10.5 Å². The normalized spacial score (nSPS) is 11.6. The van der Waals surface area contributed by atoms with Gasteiger partial charge in [0.15, 0.2) is 0 Å². The summed E-state index contributed by atoms with van der Waals surface area (Å²) in [5.41, 5.74) is 2.96. The maximum Gasteiger partial charge on any atom is 0.268 e. The lowest BCUT2D eigenvalue weighted by Gasteiger charge is -2.16. The number of nitrogens with one attached hydrogen (secondary N) is 1. The maximum absolute atomic E-state index is 12.5. The predicted octanol–water partition coefficient (Wildman–Crippen LogP) is 5.13. The molecule has 0 amide bonds. The van der Waals surface area contributed by atoms with Gasteiger partial charge >= 0.3 is 0 Å². The second-order valence-corrected chi connectivity index (χ2v) is 10.2. The lowest BCUT2D eigenvalue weighted by molar-refractivity contribution is 0.484. The van der Waals surface area contributed by atoms with Gasteiger partial charge in [-0.3, -0.25) is 9.52 Å². The number of sulfonamides is 1. The van der Waals surface area contributed by atoms with Crippen LogP contribution in [0.3, 0.4) is 0 Å². The summed E-state index contributed by atoms with van der Waals surface area (Å²) >= 11 is 1.38. The van der Waals surface area contributed by atoms with Gasteiger partial charge in [0.25, 0.3) is 5.56 Å². The summed E-state index contributed by atoms with van der Waals surface area (Å²) in [5, 5.41) is 2.68. The van der Waals surface area contributed by atoms with E-state index in [1.807, 2.05) is 42.6 Å². The Kier molecular flexibility index (Phi) is 5.60. The van der Waals surface area contributed by atoms with E-state index in [1.54, 1.807) is 38.4 Å². The number of thiophene rings is 1. The number of aromatic nitrogens is 1. The van der Waals surface area contributed by atoms with Crippen LogP contribution in [0, 0.1) is 6.92 Å². The quantitative estimate of drug-likeness (QED) is 0.438. The Morgan fingerprint density at radius 1 is 1.06 bits per heavy atom. The predicted molar refractivity (Wildman–Crippen MR) is 127 cm³/mol. The first-order valence-electron chi connectivity index (χ1n) is 9.73. The van der Waals surface area contributed by atoms with Crippen LogP contribution in [-0.2, 0) is 17.1 Å². The average Bonchev–Trinajstić information content (AvgIpc) is 3.23. The van der Waals surface area contributed by atoms with Crippen molar-refractivity contribution in [3.05, 3.63) is 76.0 Å². The van der Waals surface area contributed by atoms with Crippen LogP contribution in [0.1, 0.15) is 12.5 Å². The Hall–Kier alpha value is -3.10. The molecule has 0 radical (unpaired) electrons. The van der Waals surface area contributed by atoms with Gasteiger partial charge in [0, 0.05) is 35.4 Å². The van der Waals surface area contributed by atoms with Crippen LogP contribution in [0.15, 0.2) is 64.9 Å². The van der Waals surface area contributed by atoms with Crippen LogP contribution < -0.4 is 15.0 Å². The molecule has 2 aromatic carbocycles. The molecule has 4 rings (SSSR count). The highest BCUT2D eigenvalue weighted by atomic mass is 32.2. The number of fused-ring (bicyclic) bond motifs is 1. The lowest BCUT2D eigenvalue weighted by atomic mass is 10.0. The number of pyridine rings is 1. The minimum Gasteiger partial charge on any atom is -0.457 e. The van der Waals surface area contributed by atoms with Gasteiger partial charge in [-0.1, -0.05) is 17.7 Å². The van der Waals surface area contributed by atoms with Gasteiger partial charge in [0.05, 0.1) is 5.75 Å². The van der Waals surface area contributed by atoms with Crippen LogP contribution in [0.5, 0.6) is 11.5 Å². The Morgan fingerprint density at radius 2 is 1.81 bits per heavy atom. The summed E-state index contributed by atoms with van der Waals surface area (Å²) in [6, 6.07) is 14.7. The SMILES string of the molecule is CCS(=O)(=O)Nc1ccc(Oc2ccc(C)cc2)c(-c2cn(C)c(=O)c3sccc23)c1. The van der Waals surface area contributed by atoms with Gasteiger partial charge in [-0.25, -0.2) is 8.42 Å². The molecule has 1 N–H and O–H groups in total. The third-order valence-electron chi connectivity index (χ3n) is 4.96. The fourth-order valence-electron chi connectivity index (χ4n) is 3.26. The molecule has 2 aromatic heterocycles. The number of nitrogens with zero attached hydrogens (tertiary/aromatic N) is 1. The van der Waals surface area contributed by atoms with Gasteiger partial charge in [0.1, 0.15) is 16.2 Å². The van der Waals surface area contributed by atoms with Crippen LogP contribution in [0.25, 0.3) is 21.2 Å². The van der Waals surface area contributed by atoms with Crippen molar-refractivity contribution < 1.29 is 13.2 Å². The van der Waals surface area contributed by atoms with Crippen molar-refractivity contribution in [2.45, 2.75) is 13.8 Å². The Labute approximate surface area is 184 Å². The molecule has 0 aliphatic rings. The molecule has 0 fully saturated rings. The molecule has 0 bridgehead atoms. The van der Waals surface area contributed by atoms with E-state index in [0.717, 1.165) is 16.5 Å². The number of rotatable bonds is 6. The van der Waals surface area contributed by atoms with Crippen molar-refractivity contribution >= 4 is 37.1 Å². The first-order chi connectivity index (χ1) is 14.8. The smallest absolute Gasteiger partial charge is 0.268 e. The summed E-state index contributed by atoms with van der Waals surface area (Å²) in [6.07, 6.45) is 1.76. The van der Waals surface area contributed by atoms with E-state index >= 15 is 0 Å². The number of hydrogen-bond donors (Lipinski definition) is 1. The molecule has 160 valence electrons. The fourth-order valence-corrected chi connectivity index (χ4v) is 4.78. The fraction of sp³-hybridized carbons (Fsp3) is 0.174. The Balaban J connectivity index is 1.91. The molecule has 0 atom stereocenters. The molecule has 0 aliphatic carbocycles. The molecule has 0 spiro atoms. The number of anilines is 1. The van der Waals surface area contributed by atoms with E-state index in [2.05, 4.69) is 4.72 Å². The molecule has 4 aromatic rings. The van der Waals surface area contributed by atoms with Crippen LogP contribution in [0.4, 0.5) is 5.69 Å². The van der Waals surface area contributed by atoms with E-state index < -0.39 is 10.0 Å². The minimum atomic E-state index is -3.44. The van der Waals surface area contributed by atoms with Crippen molar-refractivity contribution in [1.29, 1.82) is 0 Å². The van der Waals surface area contributed by atoms with Crippen LogP contribution >= 0.6 is 11.3 Å². The van der Waals surface area contributed by atoms with Crippen molar-refractivity contribution in [3.63, 3.8) is 0 Å². The van der Waals surface area contributed by atoms with Crippen LogP contribution in [0.2, 0.25) is 0 Å². The number of benzene rings is 2. The van der Waals surface area contributed by atoms with Gasteiger partial charge < -0.3 is 9.30 Å². The average molecular weight is 455 g/mol. The van der Waals surface area contributed by atoms with E-state index in [1.165, 1.54) is 15.9 Å². The second-order valence-electron chi connectivity index (χ2n) is 7.25. The number of hydrogen-bond acceptors (Lipinski definition) is 5. The van der Waals surface area contributed by atoms with Gasteiger partial charge in [-0.2, -0.15) is 0 Å². The largest absolute Gasteiger partial charge is 0.457 e. The van der Waals surface area contributed by atoms with Gasteiger partial charge in [-0.05, 0) is 55.6 Å². The van der Waals surface area contributed by atoms with Gasteiger partial charge in [0.2, 0.25) is 10.0 Å². The third kappa shape index (κ3) is 4.35. The summed E-state index contributed by atoms with van der Waals surface area (Å²) in [4.78, 5) is 12.5. The molecular weight excluding hydrogens is 432 g/mol. The molecule has 0 saturated heterocycles. The Morgan fingerprint density at radius 3 is 2.52 bits per heavy atom. The number of ether oxygens (including phenoxy) is 1. The zero-order valence-electron chi connectivity index (χ0n) is 17.4. The highest BCUT2D eigenvalue weighted by Crippen LogP contribution is 2.39. The molecule has 0 aliphatic heterocycles. The zero-order chi connectivity index (χ0) is 22.2. The third-order valence-corrected chi connectivity index (χ3v) is 7.17. The lowest BCUT2D eigenvalue weighted by Crippen LogP contribution is -2.16. The topological polar surface area (TPSA) is 77.4 Å². The monoisotopic (exact) mass is 454 g/mol. The maximum atomic E-state index is 12.5. The number of aryl methyl sites for hydroxylation is 2. The van der Waals surface area contributed by atoms with Crippen LogP contribution in [-0.4, -0.2) is 18.7 Å². The molecule has 8 heteroatoms. The van der Waals surface area contributed by atoms with Crippen molar-refractivity contribution in [2.24, 2.45) is 7.05 Å². The summed E-state index contributed by atoms with van der Waals surface area (Å²) < 4.78 is 35.2. The van der Waals surface area contributed by atoms with Crippen molar-refractivity contribution in [3.8, 4) is 22.6 Å². The molecule has 31 heavy (non-hydrogen) atoms. The van der Waals surface area contributed by atoms with E-state index in [0.29, 0.717) is 27.4 Å². The Bertz CT molecular complexity index is 1420. The van der Waals surface area contributed by atoms with Gasteiger partial charge in [-0.15, -0.1) is 11.3 Å². The standard InChI is InChI=1S/C23H22N2O4S2/c1-4-31(27,28)24-16-7-10-21(29-17-8-5-15(2)6-9-17)19(13-16)20-14-25(3)23(26)22-18(20)11-12-30-22/h5-14,24H,4H2,1-3H3. The second kappa shape index (κ2) is 8.20.